The van der Waals surface area contributed by atoms with Crippen molar-refractivity contribution < 1.29 is 13.6 Å². The number of rotatable bonds is 2. The molecule has 2 N–H and O–H groups in total. The highest BCUT2D eigenvalue weighted by atomic mass is 19.1. The molecule has 2 aromatic rings. The van der Waals surface area contributed by atoms with Gasteiger partial charge in [0, 0.05) is 19.3 Å². The van der Waals surface area contributed by atoms with E-state index in [4.69, 9.17) is 0 Å². The summed E-state index contributed by atoms with van der Waals surface area (Å²) in [5, 5.41) is 2.07. The Bertz CT molecular complexity index is 795. The lowest BCUT2D eigenvalue weighted by Gasteiger charge is -2.06. The molecule has 1 aromatic heterocycles. The summed E-state index contributed by atoms with van der Waals surface area (Å²) in [6.07, 6.45) is 0.914. The molecule has 20 heavy (non-hydrogen) atoms. The first kappa shape index (κ1) is 13.7. The minimum absolute atomic E-state index is 0.393. The number of hydrogen-bond acceptors (Lipinski definition) is 3. The Morgan fingerprint density at radius 1 is 1.30 bits per heavy atom. The van der Waals surface area contributed by atoms with Gasteiger partial charge in [-0.25, -0.2) is 13.6 Å². The fraction of sp³-hybridized carbons (Fsp3) is 0.0833. The van der Waals surface area contributed by atoms with Crippen LogP contribution in [0.2, 0.25) is 0 Å². The van der Waals surface area contributed by atoms with Crippen molar-refractivity contribution in [3.63, 3.8) is 0 Å². The standard InChI is InChI=1S/C12H9F2N3O3/c1-17-11(19)7(5-15-12(17)20)10(18)16-9-4-6(13)2-3-8(9)14/h2-5H,1H3,(H,15,20)(H,16,18). The number of halogens is 2. The number of H-pyrrole nitrogens is 1. The number of nitrogens with zero attached hydrogens (tertiary/aromatic N) is 1. The van der Waals surface area contributed by atoms with E-state index in [1.54, 1.807) is 0 Å². The molecule has 0 atom stereocenters. The quantitative estimate of drug-likeness (QED) is 0.845. The minimum atomic E-state index is -0.952. The third-order valence-corrected chi connectivity index (χ3v) is 2.60. The number of amides is 1. The number of anilines is 1. The van der Waals surface area contributed by atoms with Crippen molar-refractivity contribution in [2.75, 3.05) is 5.32 Å². The predicted octanol–water partition coefficient (Wildman–Crippen LogP) is 0.604. The van der Waals surface area contributed by atoms with Crippen molar-refractivity contribution in [1.82, 2.24) is 9.55 Å². The van der Waals surface area contributed by atoms with Crippen LogP contribution in [0.15, 0.2) is 34.0 Å². The van der Waals surface area contributed by atoms with Crippen molar-refractivity contribution in [2.24, 2.45) is 7.05 Å². The van der Waals surface area contributed by atoms with Gasteiger partial charge in [-0.2, -0.15) is 0 Å². The van der Waals surface area contributed by atoms with Crippen molar-refractivity contribution in [3.05, 3.63) is 62.4 Å². The van der Waals surface area contributed by atoms with Crippen molar-refractivity contribution >= 4 is 11.6 Å². The normalized spacial score (nSPS) is 10.3. The van der Waals surface area contributed by atoms with Crippen LogP contribution in [-0.2, 0) is 7.05 Å². The zero-order valence-electron chi connectivity index (χ0n) is 10.2. The lowest BCUT2D eigenvalue weighted by Crippen LogP contribution is -2.37. The van der Waals surface area contributed by atoms with E-state index in [1.807, 2.05) is 0 Å². The largest absolute Gasteiger partial charge is 0.328 e. The van der Waals surface area contributed by atoms with Crippen LogP contribution in [0.3, 0.4) is 0 Å². The van der Waals surface area contributed by atoms with Crippen LogP contribution in [0, 0.1) is 11.6 Å². The number of benzene rings is 1. The Balaban J connectivity index is 2.38. The second-order valence-corrected chi connectivity index (χ2v) is 3.95. The molecule has 0 saturated heterocycles. The molecule has 0 bridgehead atoms. The van der Waals surface area contributed by atoms with Crippen LogP contribution in [0.4, 0.5) is 14.5 Å². The van der Waals surface area contributed by atoms with Gasteiger partial charge in [0.1, 0.15) is 17.2 Å². The number of hydrogen-bond donors (Lipinski definition) is 2. The van der Waals surface area contributed by atoms with Crippen LogP contribution in [-0.4, -0.2) is 15.5 Å². The Morgan fingerprint density at radius 2 is 2.00 bits per heavy atom. The molecule has 2 rings (SSSR count). The Morgan fingerprint density at radius 3 is 2.70 bits per heavy atom. The molecule has 0 fully saturated rings. The molecular formula is C12H9F2N3O3. The molecule has 1 heterocycles. The maximum Gasteiger partial charge on any atom is 0.328 e. The Kier molecular flexibility index (Phi) is 3.47. The summed E-state index contributed by atoms with van der Waals surface area (Å²) in [7, 11) is 1.18. The Labute approximate surface area is 110 Å². The van der Waals surface area contributed by atoms with E-state index >= 15 is 0 Å². The van der Waals surface area contributed by atoms with E-state index in [9.17, 15) is 23.2 Å². The van der Waals surface area contributed by atoms with Gasteiger partial charge in [0.2, 0.25) is 0 Å². The first-order valence-electron chi connectivity index (χ1n) is 5.45. The zero-order valence-corrected chi connectivity index (χ0v) is 10.2. The lowest BCUT2D eigenvalue weighted by atomic mass is 10.2. The first-order chi connectivity index (χ1) is 9.40. The van der Waals surface area contributed by atoms with Crippen molar-refractivity contribution in [1.29, 1.82) is 0 Å². The van der Waals surface area contributed by atoms with Gasteiger partial charge < -0.3 is 10.3 Å². The highest BCUT2D eigenvalue weighted by Gasteiger charge is 2.15. The number of nitrogens with one attached hydrogen (secondary N) is 2. The molecule has 0 unspecified atom stereocenters. The molecule has 0 saturated carbocycles. The van der Waals surface area contributed by atoms with Gasteiger partial charge in [-0.3, -0.25) is 14.2 Å². The minimum Gasteiger partial charge on any atom is -0.319 e. The maximum absolute atomic E-state index is 13.4. The number of carbonyl (C=O) groups excluding carboxylic acids is 1. The summed E-state index contributed by atoms with van der Waals surface area (Å²) in [5.41, 5.74) is -2.33. The van der Waals surface area contributed by atoms with E-state index in [2.05, 4.69) is 10.3 Å². The summed E-state index contributed by atoms with van der Waals surface area (Å²) in [4.78, 5) is 36.8. The second-order valence-electron chi connectivity index (χ2n) is 3.95. The monoisotopic (exact) mass is 281 g/mol. The molecule has 0 radical (unpaired) electrons. The molecule has 0 aliphatic carbocycles. The van der Waals surface area contributed by atoms with Gasteiger partial charge in [0.25, 0.3) is 11.5 Å². The Hall–Kier alpha value is -2.77. The first-order valence-corrected chi connectivity index (χ1v) is 5.45. The topological polar surface area (TPSA) is 84.0 Å². The van der Waals surface area contributed by atoms with Crippen LogP contribution in [0.5, 0.6) is 0 Å². The number of carbonyl (C=O) groups is 1. The van der Waals surface area contributed by atoms with Gasteiger partial charge >= 0.3 is 5.69 Å². The van der Waals surface area contributed by atoms with E-state index in [-0.39, 0.29) is 0 Å². The SMILES string of the molecule is Cn1c(=O)[nH]cc(C(=O)Nc2cc(F)ccc2F)c1=O. The highest BCUT2D eigenvalue weighted by molar-refractivity contribution is 6.03. The number of aromatic amines is 1. The average Bonchev–Trinajstić information content (AvgIpc) is 2.40. The molecule has 8 heteroatoms. The molecule has 1 amide bonds. The maximum atomic E-state index is 13.4. The smallest absolute Gasteiger partial charge is 0.319 e. The van der Waals surface area contributed by atoms with E-state index < -0.39 is 40.0 Å². The van der Waals surface area contributed by atoms with Crippen LogP contribution in [0.25, 0.3) is 0 Å². The predicted molar refractivity (Wildman–Crippen MR) is 66.6 cm³/mol. The fourth-order valence-corrected chi connectivity index (χ4v) is 1.51. The zero-order chi connectivity index (χ0) is 14.9. The third kappa shape index (κ3) is 2.48. The fourth-order valence-electron chi connectivity index (χ4n) is 1.51. The van der Waals surface area contributed by atoms with Gasteiger partial charge in [-0.05, 0) is 12.1 Å². The summed E-state index contributed by atoms with van der Waals surface area (Å²) < 4.78 is 27.0. The summed E-state index contributed by atoms with van der Waals surface area (Å²) >= 11 is 0. The van der Waals surface area contributed by atoms with Gasteiger partial charge in [-0.1, -0.05) is 0 Å². The van der Waals surface area contributed by atoms with Gasteiger partial charge in [0.05, 0.1) is 5.69 Å². The lowest BCUT2D eigenvalue weighted by molar-refractivity contribution is 0.102. The molecule has 0 aliphatic heterocycles. The average molecular weight is 281 g/mol. The second kappa shape index (κ2) is 5.08. The summed E-state index contributed by atoms with van der Waals surface area (Å²) in [6, 6.07) is 2.52. The van der Waals surface area contributed by atoms with E-state index in [0.717, 1.165) is 24.4 Å². The van der Waals surface area contributed by atoms with E-state index in [1.165, 1.54) is 7.05 Å². The molecular weight excluding hydrogens is 272 g/mol. The molecule has 0 aliphatic rings. The third-order valence-electron chi connectivity index (χ3n) is 2.60. The van der Waals surface area contributed by atoms with Crippen LogP contribution in [0.1, 0.15) is 10.4 Å². The summed E-state index contributed by atoms with van der Waals surface area (Å²) in [6.45, 7) is 0. The van der Waals surface area contributed by atoms with Crippen LogP contribution < -0.4 is 16.6 Å². The van der Waals surface area contributed by atoms with Gasteiger partial charge in [0.15, 0.2) is 0 Å². The summed E-state index contributed by atoms with van der Waals surface area (Å²) in [5.74, 6) is -2.54. The van der Waals surface area contributed by atoms with Crippen LogP contribution >= 0.6 is 0 Å². The highest BCUT2D eigenvalue weighted by Crippen LogP contribution is 2.15. The molecule has 0 spiro atoms. The van der Waals surface area contributed by atoms with E-state index in [0.29, 0.717) is 4.57 Å². The molecule has 104 valence electrons. The number of aromatic nitrogens is 2. The molecule has 6 nitrogen and oxygen atoms in total. The molecule has 1 aromatic carbocycles. The van der Waals surface area contributed by atoms with Gasteiger partial charge in [-0.15, -0.1) is 0 Å². The van der Waals surface area contributed by atoms with Crippen molar-refractivity contribution in [3.8, 4) is 0 Å². The van der Waals surface area contributed by atoms with Crippen molar-refractivity contribution in [2.45, 2.75) is 0 Å².